The lowest BCUT2D eigenvalue weighted by Crippen LogP contribution is -2.41. The summed E-state index contributed by atoms with van der Waals surface area (Å²) in [6.07, 6.45) is 5.10. The van der Waals surface area contributed by atoms with Crippen molar-refractivity contribution in [3.05, 3.63) is 41.2 Å². The van der Waals surface area contributed by atoms with Gasteiger partial charge in [-0.1, -0.05) is 0 Å². The smallest absolute Gasteiger partial charge is 0.274 e. The molecule has 1 N–H and O–H groups in total. The molecule has 0 spiro atoms. The minimum atomic E-state index is -0.290. The first kappa shape index (κ1) is 18.5. The number of aromatic nitrogens is 4. The molecule has 4 heterocycles. The summed E-state index contributed by atoms with van der Waals surface area (Å²) in [4.78, 5) is 34.6. The Hall–Kier alpha value is -2.85. The van der Waals surface area contributed by atoms with Crippen molar-refractivity contribution >= 4 is 11.8 Å². The van der Waals surface area contributed by atoms with E-state index >= 15 is 0 Å². The Bertz CT molecular complexity index is 847. The normalized spacial score (nSPS) is 16.5. The standard InChI is InChI=1S/C18H22N6O4/c25-17(14-11-19-2-3-20-14)21-4-5-24-15-1-8-28-12-13(15)16(22-24)18(26)23-6-9-27-10-7-23/h2-3,11H,1,4-10,12H2,(H,21,25). The molecule has 1 saturated heterocycles. The van der Waals surface area contributed by atoms with Gasteiger partial charge in [-0.3, -0.25) is 19.3 Å². The number of nitrogens with zero attached hydrogens (tertiary/aromatic N) is 5. The fourth-order valence-electron chi connectivity index (χ4n) is 3.36. The molecule has 1 fully saturated rings. The molecule has 148 valence electrons. The van der Waals surface area contributed by atoms with Gasteiger partial charge in [0, 0.05) is 49.7 Å². The van der Waals surface area contributed by atoms with E-state index < -0.39 is 0 Å². The van der Waals surface area contributed by atoms with E-state index in [9.17, 15) is 9.59 Å². The Morgan fingerprint density at radius 2 is 2.00 bits per heavy atom. The summed E-state index contributed by atoms with van der Waals surface area (Å²) in [6, 6.07) is 0. The van der Waals surface area contributed by atoms with Crippen LogP contribution in [0.4, 0.5) is 0 Å². The van der Waals surface area contributed by atoms with Crippen molar-refractivity contribution < 1.29 is 19.1 Å². The summed E-state index contributed by atoms with van der Waals surface area (Å²) in [5.74, 6) is -0.380. The van der Waals surface area contributed by atoms with E-state index in [0.717, 1.165) is 11.3 Å². The number of amides is 2. The molecule has 2 aliphatic heterocycles. The molecule has 0 aliphatic carbocycles. The van der Waals surface area contributed by atoms with Crippen molar-refractivity contribution in [1.82, 2.24) is 30.0 Å². The lowest BCUT2D eigenvalue weighted by Gasteiger charge is -2.26. The summed E-state index contributed by atoms with van der Waals surface area (Å²) in [7, 11) is 0. The zero-order valence-corrected chi connectivity index (χ0v) is 15.5. The predicted octanol–water partition coefficient (Wildman–Crippen LogP) is -0.352. The molecule has 0 atom stereocenters. The van der Waals surface area contributed by atoms with Crippen LogP contribution >= 0.6 is 0 Å². The van der Waals surface area contributed by atoms with Gasteiger partial charge in [0.2, 0.25) is 0 Å². The number of hydrogen-bond donors (Lipinski definition) is 1. The second-order valence-corrected chi connectivity index (χ2v) is 6.55. The molecule has 0 bridgehead atoms. The molecule has 2 aliphatic rings. The van der Waals surface area contributed by atoms with E-state index in [1.54, 1.807) is 4.90 Å². The van der Waals surface area contributed by atoms with Gasteiger partial charge >= 0.3 is 0 Å². The molecule has 28 heavy (non-hydrogen) atoms. The Labute approximate surface area is 161 Å². The van der Waals surface area contributed by atoms with Crippen LogP contribution in [0, 0.1) is 0 Å². The van der Waals surface area contributed by atoms with Crippen molar-refractivity contribution in [3.63, 3.8) is 0 Å². The van der Waals surface area contributed by atoms with Crippen LogP contribution < -0.4 is 5.32 Å². The molecular weight excluding hydrogens is 364 g/mol. The highest BCUT2D eigenvalue weighted by Gasteiger charge is 2.29. The number of carbonyl (C=O) groups is 2. The summed E-state index contributed by atoms with van der Waals surface area (Å²) in [6.45, 7) is 4.02. The third kappa shape index (κ3) is 3.87. The Balaban J connectivity index is 1.46. The summed E-state index contributed by atoms with van der Waals surface area (Å²) < 4.78 is 12.7. The van der Waals surface area contributed by atoms with Crippen molar-refractivity contribution in [2.75, 3.05) is 39.5 Å². The molecular formula is C18H22N6O4. The van der Waals surface area contributed by atoms with Gasteiger partial charge in [-0.2, -0.15) is 5.10 Å². The fourth-order valence-corrected chi connectivity index (χ4v) is 3.36. The zero-order valence-electron chi connectivity index (χ0n) is 15.5. The first-order valence-electron chi connectivity index (χ1n) is 9.31. The Morgan fingerprint density at radius 1 is 1.14 bits per heavy atom. The quantitative estimate of drug-likeness (QED) is 0.747. The predicted molar refractivity (Wildman–Crippen MR) is 96.7 cm³/mol. The maximum absolute atomic E-state index is 12.9. The average molecular weight is 386 g/mol. The summed E-state index contributed by atoms with van der Waals surface area (Å²) >= 11 is 0. The molecule has 4 rings (SSSR count). The fraction of sp³-hybridized carbons (Fsp3) is 0.500. The highest BCUT2D eigenvalue weighted by molar-refractivity contribution is 5.94. The molecule has 0 unspecified atom stereocenters. The van der Waals surface area contributed by atoms with E-state index in [1.807, 2.05) is 4.68 Å². The van der Waals surface area contributed by atoms with E-state index in [4.69, 9.17) is 9.47 Å². The Kier molecular flexibility index (Phi) is 5.58. The molecule has 0 radical (unpaired) electrons. The van der Waals surface area contributed by atoms with Crippen LogP contribution in [0.5, 0.6) is 0 Å². The largest absolute Gasteiger partial charge is 0.378 e. The summed E-state index contributed by atoms with van der Waals surface area (Å²) in [5.41, 5.74) is 2.55. The van der Waals surface area contributed by atoms with Crippen LogP contribution in [0.15, 0.2) is 18.6 Å². The van der Waals surface area contributed by atoms with Crippen LogP contribution in [0.2, 0.25) is 0 Å². The van der Waals surface area contributed by atoms with E-state index in [-0.39, 0.29) is 17.5 Å². The number of fused-ring (bicyclic) bond motifs is 1. The number of rotatable bonds is 5. The van der Waals surface area contributed by atoms with Crippen molar-refractivity contribution in [3.8, 4) is 0 Å². The van der Waals surface area contributed by atoms with Crippen molar-refractivity contribution in [1.29, 1.82) is 0 Å². The topological polar surface area (TPSA) is 111 Å². The SMILES string of the molecule is O=C(NCCn1nc(C(=O)N2CCOCC2)c2c1CCOC2)c1cnccn1. The van der Waals surface area contributed by atoms with Crippen LogP contribution in [-0.2, 0) is 29.0 Å². The third-order valence-electron chi connectivity index (χ3n) is 4.80. The van der Waals surface area contributed by atoms with E-state index in [2.05, 4.69) is 20.4 Å². The van der Waals surface area contributed by atoms with Crippen LogP contribution in [-0.4, -0.2) is 75.9 Å². The van der Waals surface area contributed by atoms with Gasteiger partial charge in [0.15, 0.2) is 5.69 Å². The van der Waals surface area contributed by atoms with Gasteiger partial charge in [-0.05, 0) is 0 Å². The number of hydrogen-bond acceptors (Lipinski definition) is 7. The first-order chi connectivity index (χ1) is 13.7. The molecule has 10 nitrogen and oxygen atoms in total. The van der Waals surface area contributed by atoms with E-state index in [0.29, 0.717) is 64.7 Å². The second kappa shape index (κ2) is 8.44. The van der Waals surface area contributed by atoms with Crippen molar-refractivity contribution in [2.45, 2.75) is 19.6 Å². The molecule has 2 aromatic heterocycles. The minimum absolute atomic E-state index is 0.0904. The number of morpholine rings is 1. The molecule has 10 heteroatoms. The highest BCUT2D eigenvalue weighted by Crippen LogP contribution is 2.22. The number of carbonyl (C=O) groups excluding carboxylic acids is 2. The average Bonchev–Trinajstić information content (AvgIpc) is 3.13. The maximum atomic E-state index is 12.9. The van der Waals surface area contributed by atoms with Gasteiger partial charge < -0.3 is 19.7 Å². The van der Waals surface area contributed by atoms with E-state index in [1.165, 1.54) is 18.6 Å². The monoisotopic (exact) mass is 386 g/mol. The van der Waals surface area contributed by atoms with Gasteiger partial charge in [0.05, 0.1) is 39.2 Å². The van der Waals surface area contributed by atoms with Crippen LogP contribution in [0.3, 0.4) is 0 Å². The molecule has 2 amide bonds. The Morgan fingerprint density at radius 3 is 2.79 bits per heavy atom. The lowest BCUT2D eigenvalue weighted by atomic mass is 10.1. The molecule has 0 saturated carbocycles. The molecule has 2 aromatic rings. The lowest BCUT2D eigenvalue weighted by molar-refractivity contribution is 0.0294. The highest BCUT2D eigenvalue weighted by atomic mass is 16.5. The van der Waals surface area contributed by atoms with Gasteiger partial charge in [0.25, 0.3) is 11.8 Å². The van der Waals surface area contributed by atoms with Crippen LogP contribution in [0.1, 0.15) is 32.2 Å². The molecule has 0 aromatic carbocycles. The van der Waals surface area contributed by atoms with Crippen LogP contribution in [0.25, 0.3) is 0 Å². The first-order valence-corrected chi connectivity index (χ1v) is 9.31. The van der Waals surface area contributed by atoms with Gasteiger partial charge in [-0.15, -0.1) is 0 Å². The summed E-state index contributed by atoms with van der Waals surface area (Å²) in [5, 5.41) is 7.37. The third-order valence-corrected chi connectivity index (χ3v) is 4.80. The maximum Gasteiger partial charge on any atom is 0.274 e. The number of ether oxygens (including phenoxy) is 2. The van der Waals surface area contributed by atoms with Crippen molar-refractivity contribution in [2.24, 2.45) is 0 Å². The second-order valence-electron chi connectivity index (χ2n) is 6.55. The minimum Gasteiger partial charge on any atom is -0.378 e. The zero-order chi connectivity index (χ0) is 19.3. The number of nitrogens with one attached hydrogen (secondary N) is 1. The van der Waals surface area contributed by atoms with Gasteiger partial charge in [-0.25, -0.2) is 4.98 Å². The van der Waals surface area contributed by atoms with Gasteiger partial charge in [0.1, 0.15) is 5.69 Å².